The van der Waals surface area contributed by atoms with Crippen LogP contribution in [0.2, 0.25) is 0 Å². The van der Waals surface area contributed by atoms with Gasteiger partial charge < -0.3 is 9.88 Å². The quantitative estimate of drug-likeness (QED) is 0.737. The number of hydrogen-bond acceptors (Lipinski definition) is 4. The monoisotopic (exact) mass is 447 g/mol. The first-order valence-corrected chi connectivity index (χ1v) is 12.5. The number of nitrogens with one attached hydrogen (secondary N) is 1. The molecule has 1 aliphatic carbocycles. The second-order valence-corrected chi connectivity index (χ2v) is 10.5. The van der Waals surface area contributed by atoms with E-state index in [0.29, 0.717) is 30.4 Å². The summed E-state index contributed by atoms with van der Waals surface area (Å²) < 4.78 is 28.9. The fourth-order valence-electron chi connectivity index (χ4n) is 4.54. The molecular weight excluding hydrogens is 414 g/mol. The summed E-state index contributed by atoms with van der Waals surface area (Å²) in [7, 11) is -1.95. The van der Waals surface area contributed by atoms with E-state index in [1.807, 2.05) is 0 Å². The molecule has 170 valence electrons. The molecule has 31 heavy (non-hydrogen) atoms. The third-order valence-corrected chi connectivity index (χ3v) is 8.82. The Morgan fingerprint density at radius 1 is 1.19 bits per heavy atom. The Labute approximate surface area is 184 Å². The van der Waals surface area contributed by atoms with E-state index in [9.17, 15) is 18.0 Å². The highest BCUT2D eigenvalue weighted by atomic mass is 32.2. The van der Waals surface area contributed by atoms with Crippen LogP contribution in [0.5, 0.6) is 0 Å². The van der Waals surface area contributed by atoms with Crippen molar-refractivity contribution < 1.29 is 13.2 Å². The molecule has 0 unspecified atom stereocenters. The van der Waals surface area contributed by atoms with Gasteiger partial charge in [0, 0.05) is 37.8 Å². The van der Waals surface area contributed by atoms with Gasteiger partial charge in [-0.15, -0.1) is 0 Å². The average Bonchev–Trinajstić information content (AvgIpc) is 2.74. The molecule has 1 aliphatic rings. The highest BCUT2D eigenvalue weighted by Gasteiger charge is 2.29. The molecule has 3 rings (SSSR count). The molecule has 0 bridgehead atoms. The van der Waals surface area contributed by atoms with Crippen molar-refractivity contribution in [2.75, 3.05) is 13.1 Å². The summed E-state index contributed by atoms with van der Waals surface area (Å²) in [4.78, 5) is 26.3. The topological polar surface area (TPSA) is 88.5 Å². The van der Waals surface area contributed by atoms with E-state index >= 15 is 0 Å². The number of pyridine rings is 1. The molecule has 7 nitrogen and oxygen atoms in total. The van der Waals surface area contributed by atoms with Crippen molar-refractivity contribution in [3.05, 3.63) is 40.2 Å². The molecule has 2 aromatic rings. The molecule has 1 saturated carbocycles. The zero-order chi connectivity index (χ0) is 22.9. The average molecular weight is 448 g/mol. The van der Waals surface area contributed by atoms with Gasteiger partial charge >= 0.3 is 0 Å². The van der Waals surface area contributed by atoms with Crippen LogP contribution in [0.1, 0.15) is 57.3 Å². The van der Waals surface area contributed by atoms with E-state index in [4.69, 9.17) is 0 Å². The van der Waals surface area contributed by atoms with Gasteiger partial charge in [-0.3, -0.25) is 9.59 Å². The number of rotatable bonds is 6. The Kier molecular flexibility index (Phi) is 6.91. The lowest BCUT2D eigenvalue weighted by Gasteiger charge is -2.34. The van der Waals surface area contributed by atoms with Gasteiger partial charge in [0.15, 0.2) is 0 Å². The fourth-order valence-corrected chi connectivity index (χ4v) is 6.02. The fraction of sp³-hybridized carbons (Fsp3) is 0.565. The highest BCUT2D eigenvalue weighted by Crippen LogP contribution is 2.29. The van der Waals surface area contributed by atoms with Crippen molar-refractivity contribution in [1.82, 2.24) is 14.2 Å². The van der Waals surface area contributed by atoms with Gasteiger partial charge in [0.2, 0.25) is 15.5 Å². The summed E-state index contributed by atoms with van der Waals surface area (Å²) in [5.74, 6) is 0.463. The van der Waals surface area contributed by atoms with Crippen LogP contribution in [0.15, 0.2) is 34.1 Å². The zero-order valence-electron chi connectivity index (χ0n) is 19.0. The molecule has 1 aromatic carbocycles. The minimum Gasteiger partial charge on any atom is -0.350 e. The molecule has 3 atom stereocenters. The van der Waals surface area contributed by atoms with Crippen molar-refractivity contribution >= 4 is 26.8 Å². The van der Waals surface area contributed by atoms with Gasteiger partial charge in [-0.05, 0) is 36.5 Å². The van der Waals surface area contributed by atoms with E-state index in [1.54, 1.807) is 31.5 Å². The van der Waals surface area contributed by atoms with Gasteiger partial charge in [0.05, 0.1) is 10.4 Å². The maximum atomic E-state index is 13.2. The second kappa shape index (κ2) is 9.12. The minimum atomic E-state index is -3.71. The number of aryl methyl sites for hydroxylation is 1. The molecule has 1 fully saturated rings. The van der Waals surface area contributed by atoms with Gasteiger partial charge in [-0.2, -0.15) is 4.31 Å². The van der Waals surface area contributed by atoms with Crippen LogP contribution in [-0.4, -0.2) is 42.3 Å². The van der Waals surface area contributed by atoms with E-state index in [-0.39, 0.29) is 21.9 Å². The minimum absolute atomic E-state index is 0.0334. The number of sulfonamides is 1. The lowest BCUT2D eigenvalue weighted by molar-refractivity contribution is 0.0889. The smallest absolute Gasteiger partial charge is 0.256 e. The molecule has 1 heterocycles. The molecule has 0 aliphatic heterocycles. The molecule has 0 spiro atoms. The van der Waals surface area contributed by atoms with Gasteiger partial charge in [0.25, 0.3) is 5.91 Å². The van der Waals surface area contributed by atoms with Gasteiger partial charge in [-0.25, -0.2) is 8.42 Å². The molecular formula is C23H33N3O4S. The van der Waals surface area contributed by atoms with Crippen LogP contribution in [0.25, 0.3) is 10.9 Å². The van der Waals surface area contributed by atoms with Crippen LogP contribution < -0.4 is 10.7 Å². The lowest BCUT2D eigenvalue weighted by atomic mass is 9.78. The van der Waals surface area contributed by atoms with Crippen molar-refractivity contribution in [1.29, 1.82) is 0 Å². The van der Waals surface area contributed by atoms with Crippen LogP contribution in [0, 0.1) is 11.8 Å². The number of benzene rings is 1. The van der Waals surface area contributed by atoms with Crippen LogP contribution >= 0.6 is 0 Å². The highest BCUT2D eigenvalue weighted by molar-refractivity contribution is 7.89. The summed E-state index contributed by atoms with van der Waals surface area (Å²) in [6, 6.07) is 4.57. The Bertz CT molecular complexity index is 1140. The number of carbonyl (C=O) groups excluding carboxylic acids is 1. The Hall–Kier alpha value is -2.19. The normalized spacial score (nSPS) is 22.1. The van der Waals surface area contributed by atoms with Crippen LogP contribution in [0.3, 0.4) is 0 Å². The van der Waals surface area contributed by atoms with Gasteiger partial charge in [-0.1, -0.05) is 40.5 Å². The van der Waals surface area contributed by atoms with Crippen LogP contribution in [0.4, 0.5) is 0 Å². The van der Waals surface area contributed by atoms with Crippen molar-refractivity contribution in [3.8, 4) is 0 Å². The second-order valence-electron chi connectivity index (χ2n) is 8.60. The number of hydrogen-bond donors (Lipinski definition) is 1. The van der Waals surface area contributed by atoms with Crippen LogP contribution in [-0.2, 0) is 17.1 Å². The van der Waals surface area contributed by atoms with Crippen molar-refractivity contribution in [2.24, 2.45) is 18.9 Å². The van der Waals surface area contributed by atoms with Crippen molar-refractivity contribution in [3.63, 3.8) is 0 Å². The summed E-state index contributed by atoms with van der Waals surface area (Å²) >= 11 is 0. The van der Waals surface area contributed by atoms with Gasteiger partial charge in [0.1, 0.15) is 5.56 Å². The summed E-state index contributed by atoms with van der Waals surface area (Å²) in [6.45, 7) is 8.56. The largest absolute Gasteiger partial charge is 0.350 e. The predicted octanol–water partition coefficient (Wildman–Crippen LogP) is 3.12. The third-order valence-electron chi connectivity index (χ3n) is 6.77. The number of nitrogens with zero attached hydrogens (tertiary/aromatic N) is 2. The molecule has 1 aromatic heterocycles. The molecule has 0 saturated heterocycles. The molecule has 1 N–H and O–H groups in total. The SMILES string of the molecule is CCN(CC)S(=O)(=O)c1ccc2c(c1)c(=O)c(C(=O)N[C@@H]1CCC[C@H](C)[C@H]1C)cn2C. The molecule has 1 amide bonds. The predicted molar refractivity (Wildman–Crippen MR) is 123 cm³/mol. The van der Waals surface area contributed by atoms with E-state index in [1.165, 1.54) is 22.6 Å². The maximum Gasteiger partial charge on any atom is 0.256 e. The third kappa shape index (κ3) is 4.41. The molecule has 0 radical (unpaired) electrons. The number of amides is 1. The number of aromatic nitrogens is 1. The Balaban J connectivity index is 2.03. The first kappa shape index (κ1) is 23.5. The number of fused-ring (bicyclic) bond motifs is 1. The van der Waals surface area contributed by atoms with E-state index < -0.39 is 21.4 Å². The maximum absolute atomic E-state index is 13.2. The zero-order valence-corrected chi connectivity index (χ0v) is 19.8. The lowest BCUT2D eigenvalue weighted by Crippen LogP contribution is -2.45. The Morgan fingerprint density at radius 3 is 2.52 bits per heavy atom. The Morgan fingerprint density at radius 2 is 1.87 bits per heavy atom. The van der Waals surface area contributed by atoms with E-state index in [0.717, 1.165) is 19.3 Å². The summed E-state index contributed by atoms with van der Waals surface area (Å²) in [5, 5.41) is 3.28. The van der Waals surface area contributed by atoms with Crippen molar-refractivity contribution in [2.45, 2.75) is 57.9 Å². The first-order chi connectivity index (χ1) is 14.6. The summed E-state index contributed by atoms with van der Waals surface area (Å²) in [6.07, 6.45) is 4.64. The van der Waals surface area contributed by atoms with E-state index in [2.05, 4.69) is 19.2 Å². The standard InChI is InChI=1S/C23H33N3O4S/c1-6-26(7-2)31(29,30)17-11-12-21-18(13-17)22(27)19(14-25(21)5)23(28)24-20-10-8-9-15(3)16(20)4/h11-16,20H,6-10H2,1-5H3,(H,24,28)/t15-,16+,20+/m0/s1. The summed E-state index contributed by atoms with van der Waals surface area (Å²) in [5.41, 5.74) is 0.177. The molecule has 8 heteroatoms. The first-order valence-electron chi connectivity index (χ1n) is 11.1. The number of carbonyl (C=O) groups is 1.